The van der Waals surface area contributed by atoms with E-state index in [0.29, 0.717) is 18.7 Å². The van der Waals surface area contributed by atoms with E-state index in [9.17, 15) is 10.1 Å². The van der Waals surface area contributed by atoms with Crippen molar-refractivity contribution in [2.45, 2.75) is 13.0 Å². The highest BCUT2D eigenvalue weighted by Crippen LogP contribution is 2.36. The zero-order valence-corrected chi connectivity index (χ0v) is 16.0. The molecule has 1 aliphatic rings. The van der Waals surface area contributed by atoms with E-state index >= 15 is 0 Å². The molecule has 1 amide bonds. The Morgan fingerprint density at radius 2 is 2.17 bits per heavy atom. The Morgan fingerprint density at radius 3 is 2.93 bits per heavy atom. The Morgan fingerprint density at radius 1 is 1.34 bits per heavy atom. The molecule has 4 aromatic rings. The summed E-state index contributed by atoms with van der Waals surface area (Å²) in [6.45, 7) is 6.88. The third-order valence-corrected chi connectivity index (χ3v) is 5.80. The Hall–Kier alpha value is -3.85. The van der Waals surface area contributed by atoms with Gasteiger partial charge < -0.3 is 9.47 Å². The van der Waals surface area contributed by atoms with Gasteiger partial charge >= 0.3 is 0 Å². The first kappa shape index (κ1) is 17.3. The zero-order chi connectivity index (χ0) is 20.1. The van der Waals surface area contributed by atoms with Crippen molar-refractivity contribution in [2.24, 2.45) is 0 Å². The molecule has 0 atom stereocenters. The van der Waals surface area contributed by atoms with Gasteiger partial charge in [0.05, 0.1) is 28.8 Å². The molecular weight excluding hydrogens is 362 g/mol. The molecule has 6 nitrogen and oxygen atoms in total. The number of carbonyl (C=O) groups excluding carboxylic acids is 1. The van der Waals surface area contributed by atoms with Gasteiger partial charge in [0.15, 0.2) is 0 Å². The van der Waals surface area contributed by atoms with Crippen LogP contribution in [0.5, 0.6) is 0 Å². The highest BCUT2D eigenvalue weighted by Gasteiger charge is 2.31. The van der Waals surface area contributed by atoms with E-state index in [2.05, 4.69) is 46.5 Å². The molecule has 0 saturated carbocycles. The van der Waals surface area contributed by atoms with E-state index in [1.807, 2.05) is 30.6 Å². The third-order valence-electron chi connectivity index (χ3n) is 5.80. The van der Waals surface area contributed by atoms with Gasteiger partial charge in [-0.2, -0.15) is 10.4 Å². The van der Waals surface area contributed by atoms with Crippen molar-refractivity contribution in [2.75, 3.05) is 13.1 Å². The van der Waals surface area contributed by atoms with Crippen molar-refractivity contribution >= 4 is 27.7 Å². The van der Waals surface area contributed by atoms with Gasteiger partial charge in [-0.1, -0.05) is 12.6 Å². The van der Waals surface area contributed by atoms with Gasteiger partial charge in [-0.15, -0.1) is 0 Å². The van der Waals surface area contributed by atoms with Crippen LogP contribution in [0.4, 0.5) is 0 Å². The smallest absolute Gasteiger partial charge is 0.246 e. The van der Waals surface area contributed by atoms with Crippen LogP contribution in [-0.2, 0) is 4.79 Å². The average molecular weight is 381 g/mol. The maximum Gasteiger partial charge on any atom is 0.246 e. The Kier molecular flexibility index (Phi) is 3.78. The number of likely N-dealkylation sites (tertiary alicyclic amines) is 1. The number of rotatable bonds is 3. The molecule has 1 aliphatic heterocycles. The van der Waals surface area contributed by atoms with Gasteiger partial charge in [-0.3, -0.25) is 9.89 Å². The minimum Gasteiger partial charge on any atom is -0.340 e. The molecule has 142 valence electrons. The maximum atomic E-state index is 11.8. The molecule has 1 N–H and O–H groups in total. The minimum atomic E-state index is -0.0517. The first-order valence-corrected chi connectivity index (χ1v) is 9.50. The fourth-order valence-corrected chi connectivity index (χ4v) is 4.29. The number of aryl methyl sites for hydroxylation is 1. The number of hydrogen-bond donors (Lipinski definition) is 1. The van der Waals surface area contributed by atoms with Crippen LogP contribution in [0.25, 0.3) is 32.9 Å². The van der Waals surface area contributed by atoms with Crippen LogP contribution in [0.1, 0.15) is 17.2 Å². The first-order chi connectivity index (χ1) is 14.1. The Balaban J connectivity index is 1.62. The van der Waals surface area contributed by atoms with Crippen LogP contribution in [0.2, 0.25) is 0 Å². The van der Waals surface area contributed by atoms with Gasteiger partial charge in [0.25, 0.3) is 0 Å². The van der Waals surface area contributed by atoms with Gasteiger partial charge in [0.1, 0.15) is 6.07 Å². The van der Waals surface area contributed by atoms with E-state index in [-0.39, 0.29) is 11.9 Å². The summed E-state index contributed by atoms with van der Waals surface area (Å²) in [5.74, 6) is -0.0517. The summed E-state index contributed by atoms with van der Waals surface area (Å²) in [4.78, 5) is 13.5. The second kappa shape index (κ2) is 6.35. The number of carbonyl (C=O) groups is 1. The zero-order valence-electron chi connectivity index (χ0n) is 16.0. The topological polar surface area (TPSA) is 77.7 Å². The standard InChI is InChI=1S/C23H19N5O/c1-3-21(29)27-12-18(13-27)28-7-6-15-8-16(9-17(10-24)23(15)28)22-14(2)4-5-20-19(22)11-25-26-20/h3-9,11,18H,1,12-13H2,2H3,(H,25,26). The van der Waals surface area contributed by atoms with Gasteiger partial charge in [0.2, 0.25) is 5.91 Å². The lowest BCUT2D eigenvalue weighted by atomic mass is 9.94. The number of nitriles is 1. The van der Waals surface area contributed by atoms with Gasteiger partial charge in [0, 0.05) is 30.1 Å². The number of aromatic nitrogens is 3. The first-order valence-electron chi connectivity index (χ1n) is 9.50. The highest BCUT2D eigenvalue weighted by molar-refractivity contribution is 6.00. The second-order valence-electron chi connectivity index (χ2n) is 7.49. The number of amides is 1. The fourth-order valence-electron chi connectivity index (χ4n) is 4.29. The molecule has 0 unspecified atom stereocenters. The predicted octanol–water partition coefficient (Wildman–Crippen LogP) is 3.93. The summed E-state index contributed by atoms with van der Waals surface area (Å²) in [7, 11) is 0. The molecule has 1 saturated heterocycles. The molecular formula is C23H19N5O. The number of fused-ring (bicyclic) bond motifs is 2. The average Bonchev–Trinajstić information content (AvgIpc) is 3.33. The summed E-state index contributed by atoms with van der Waals surface area (Å²) >= 11 is 0. The van der Waals surface area contributed by atoms with Crippen molar-refractivity contribution in [1.82, 2.24) is 19.7 Å². The normalized spacial score (nSPS) is 14.1. The molecule has 0 bridgehead atoms. The molecule has 5 rings (SSSR count). The highest BCUT2D eigenvalue weighted by atomic mass is 16.2. The number of nitrogens with one attached hydrogen (secondary N) is 1. The summed E-state index contributed by atoms with van der Waals surface area (Å²) in [6.07, 6.45) is 5.19. The largest absolute Gasteiger partial charge is 0.340 e. The number of benzene rings is 2. The molecule has 0 radical (unpaired) electrons. The van der Waals surface area contributed by atoms with E-state index < -0.39 is 0 Å². The summed E-state index contributed by atoms with van der Waals surface area (Å²) in [5, 5.41) is 19.1. The van der Waals surface area contributed by atoms with Crippen LogP contribution in [0, 0.1) is 18.3 Å². The molecule has 3 heterocycles. The van der Waals surface area contributed by atoms with Crippen molar-refractivity contribution in [1.29, 1.82) is 5.26 Å². The fraction of sp³-hybridized carbons (Fsp3) is 0.174. The summed E-state index contributed by atoms with van der Waals surface area (Å²) < 4.78 is 2.12. The number of aromatic amines is 1. The molecule has 0 aliphatic carbocycles. The molecule has 2 aromatic heterocycles. The SMILES string of the molecule is C=CC(=O)N1CC(n2ccc3cc(-c4c(C)ccc5[nH]ncc45)cc(C#N)c32)C1. The maximum absolute atomic E-state index is 11.8. The number of nitrogens with zero attached hydrogens (tertiary/aromatic N) is 4. The van der Waals surface area contributed by atoms with Crippen LogP contribution in [-0.4, -0.2) is 38.7 Å². The van der Waals surface area contributed by atoms with Crippen LogP contribution >= 0.6 is 0 Å². The monoisotopic (exact) mass is 381 g/mol. The molecule has 6 heteroatoms. The summed E-state index contributed by atoms with van der Waals surface area (Å²) in [5.41, 5.74) is 5.77. The molecule has 29 heavy (non-hydrogen) atoms. The lowest BCUT2D eigenvalue weighted by Crippen LogP contribution is -2.49. The van der Waals surface area contributed by atoms with E-state index in [0.717, 1.165) is 38.5 Å². The Labute approximate surface area is 167 Å². The summed E-state index contributed by atoms with van der Waals surface area (Å²) in [6, 6.07) is 12.8. The minimum absolute atomic E-state index is 0.0517. The molecule has 2 aromatic carbocycles. The Bertz CT molecular complexity index is 1330. The molecule has 0 spiro atoms. The predicted molar refractivity (Wildman–Crippen MR) is 112 cm³/mol. The molecule has 1 fully saturated rings. The van der Waals surface area contributed by atoms with Crippen molar-refractivity contribution < 1.29 is 4.79 Å². The van der Waals surface area contributed by atoms with E-state index in [1.165, 1.54) is 6.08 Å². The lowest BCUT2D eigenvalue weighted by Gasteiger charge is -2.40. The van der Waals surface area contributed by atoms with Crippen LogP contribution in [0.15, 0.2) is 55.4 Å². The van der Waals surface area contributed by atoms with E-state index in [1.54, 1.807) is 4.90 Å². The van der Waals surface area contributed by atoms with Gasteiger partial charge in [-0.25, -0.2) is 0 Å². The number of H-pyrrole nitrogens is 1. The second-order valence-corrected chi connectivity index (χ2v) is 7.49. The third kappa shape index (κ3) is 2.55. The van der Waals surface area contributed by atoms with Crippen molar-refractivity contribution in [3.05, 3.63) is 66.5 Å². The van der Waals surface area contributed by atoms with Crippen molar-refractivity contribution in [3.8, 4) is 17.2 Å². The van der Waals surface area contributed by atoms with Gasteiger partial charge in [-0.05, 0) is 54.0 Å². The quantitative estimate of drug-likeness (QED) is 0.546. The lowest BCUT2D eigenvalue weighted by molar-refractivity contribution is -0.131. The number of hydrogen-bond acceptors (Lipinski definition) is 3. The van der Waals surface area contributed by atoms with E-state index in [4.69, 9.17) is 0 Å². The van der Waals surface area contributed by atoms with Crippen LogP contribution in [0.3, 0.4) is 0 Å². The van der Waals surface area contributed by atoms with Crippen molar-refractivity contribution in [3.63, 3.8) is 0 Å². The van der Waals surface area contributed by atoms with Crippen LogP contribution < -0.4 is 0 Å².